The van der Waals surface area contributed by atoms with Crippen LogP contribution in [-0.2, 0) is 9.59 Å². The molecule has 0 aromatic carbocycles. The summed E-state index contributed by atoms with van der Waals surface area (Å²) in [5, 5.41) is 18.0. The smallest absolute Gasteiger partial charge is 0.242 e. The number of nitrogens with one attached hydrogen (secondary N) is 1. The highest BCUT2D eigenvalue weighted by molar-refractivity contribution is 6.03. The summed E-state index contributed by atoms with van der Waals surface area (Å²) >= 11 is 0. The van der Waals surface area contributed by atoms with Gasteiger partial charge in [0.1, 0.15) is 17.4 Å². The number of nitrogens with zero attached hydrogens (tertiary/aromatic N) is 2. The van der Waals surface area contributed by atoms with Crippen LogP contribution in [0.15, 0.2) is 0 Å². The second-order valence-corrected chi connectivity index (χ2v) is 6.49. The molecule has 2 aliphatic rings. The Kier molecular flexibility index (Phi) is 3.97. The second kappa shape index (κ2) is 5.29. The number of aliphatic hydroxyl groups excluding tert-OH is 1. The van der Waals surface area contributed by atoms with Crippen molar-refractivity contribution in [2.75, 3.05) is 13.1 Å². The minimum Gasteiger partial charge on any atom is -0.391 e. The van der Waals surface area contributed by atoms with Crippen molar-refractivity contribution in [1.82, 2.24) is 9.80 Å². The summed E-state index contributed by atoms with van der Waals surface area (Å²) in [4.78, 5) is 26.8. The molecule has 2 amide bonds. The van der Waals surface area contributed by atoms with Crippen molar-refractivity contribution in [1.29, 1.82) is 5.41 Å². The lowest BCUT2D eigenvalue weighted by molar-refractivity contribution is -0.133. The van der Waals surface area contributed by atoms with Gasteiger partial charge in [0.05, 0.1) is 12.6 Å². The number of nitrogens with two attached hydrogens (primary N) is 1. The summed E-state index contributed by atoms with van der Waals surface area (Å²) in [6.07, 6.45) is 0.0775. The molecule has 0 bridgehead atoms. The van der Waals surface area contributed by atoms with Gasteiger partial charge in [-0.3, -0.25) is 15.0 Å². The molecule has 3 atom stereocenters. The Morgan fingerprint density at radius 2 is 2.10 bits per heavy atom. The van der Waals surface area contributed by atoms with Crippen LogP contribution >= 0.6 is 0 Å². The molecule has 1 spiro atoms. The molecule has 0 aromatic rings. The maximum Gasteiger partial charge on any atom is 0.242 e. The topological polar surface area (TPSA) is 111 Å². The zero-order valence-electron chi connectivity index (χ0n) is 12.8. The molecule has 21 heavy (non-hydrogen) atoms. The molecule has 0 saturated carbocycles. The van der Waals surface area contributed by atoms with Gasteiger partial charge in [0.2, 0.25) is 11.8 Å². The summed E-state index contributed by atoms with van der Waals surface area (Å²) < 4.78 is 0. The molecule has 2 saturated heterocycles. The van der Waals surface area contributed by atoms with E-state index in [1.165, 1.54) is 11.8 Å². The van der Waals surface area contributed by atoms with E-state index < -0.39 is 23.6 Å². The third-order valence-corrected chi connectivity index (χ3v) is 4.36. The van der Waals surface area contributed by atoms with E-state index in [2.05, 4.69) is 0 Å². The van der Waals surface area contributed by atoms with Gasteiger partial charge in [-0.25, -0.2) is 0 Å². The van der Waals surface area contributed by atoms with Crippen LogP contribution in [0.1, 0.15) is 33.6 Å². The number of likely N-dealkylation sites (tertiary alicyclic amines) is 2. The van der Waals surface area contributed by atoms with Gasteiger partial charge in [-0.05, 0) is 19.3 Å². The lowest BCUT2D eigenvalue weighted by Crippen LogP contribution is -2.76. The Labute approximate surface area is 124 Å². The Bertz CT molecular complexity index is 477. The van der Waals surface area contributed by atoms with E-state index >= 15 is 0 Å². The van der Waals surface area contributed by atoms with Crippen LogP contribution in [0.25, 0.3) is 0 Å². The van der Waals surface area contributed by atoms with Gasteiger partial charge in [0.15, 0.2) is 0 Å². The summed E-state index contributed by atoms with van der Waals surface area (Å²) in [5.41, 5.74) is 4.72. The van der Waals surface area contributed by atoms with Crippen LogP contribution in [0.2, 0.25) is 0 Å². The van der Waals surface area contributed by atoms with Crippen molar-refractivity contribution in [3.05, 3.63) is 0 Å². The summed E-state index contributed by atoms with van der Waals surface area (Å²) in [5.74, 6) is -0.0571. The summed E-state index contributed by atoms with van der Waals surface area (Å²) in [7, 11) is 0. The van der Waals surface area contributed by atoms with Crippen molar-refractivity contribution < 1.29 is 14.7 Å². The van der Waals surface area contributed by atoms with Crippen LogP contribution in [0.4, 0.5) is 0 Å². The molecule has 0 aliphatic carbocycles. The fraction of sp³-hybridized carbons (Fsp3) is 0.786. The minimum absolute atomic E-state index is 0.0563. The Hall–Kier alpha value is -1.63. The zero-order chi connectivity index (χ0) is 15.9. The molecule has 2 aliphatic heterocycles. The van der Waals surface area contributed by atoms with E-state index in [0.29, 0.717) is 31.8 Å². The standard InChI is InChI=1S/C14H24N4O3/c1-8(2)6-18-10(20)4-5-14(18)7-17(13(14)16)11(9(3)19)12(15)21/h8-9,11,16,19H,4-7H2,1-3H3,(H2,15,21)/t9-,11+,14?/m1/s1. The average Bonchev–Trinajstić information content (AvgIpc) is 2.67. The maximum absolute atomic E-state index is 12.1. The molecule has 7 nitrogen and oxygen atoms in total. The summed E-state index contributed by atoms with van der Waals surface area (Å²) in [6, 6.07) is -0.903. The lowest BCUT2D eigenvalue weighted by atomic mass is 9.82. The predicted molar refractivity (Wildman–Crippen MR) is 77.6 cm³/mol. The molecule has 4 N–H and O–H groups in total. The largest absolute Gasteiger partial charge is 0.391 e. The number of carbonyl (C=O) groups excluding carboxylic acids is 2. The molecule has 1 unspecified atom stereocenters. The molecule has 0 radical (unpaired) electrons. The number of aliphatic hydroxyl groups is 1. The van der Waals surface area contributed by atoms with Crippen molar-refractivity contribution in [2.24, 2.45) is 11.7 Å². The van der Waals surface area contributed by atoms with E-state index in [-0.39, 0.29) is 11.7 Å². The highest BCUT2D eigenvalue weighted by Gasteiger charge is 2.60. The number of hydrogen-bond acceptors (Lipinski definition) is 4. The first-order valence-electron chi connectivity index (χ1n) is 7.34. The molecule has 2 fully saturated rings. The fourth-order valence-corrected chi connectivity index (χ4v) is 3.38. The fourth-order valence-electron chi connectivity index (χ4n) is 3.38. The van der Waals surface area contributed by atoms with Crippen LogP contribution in [0.3, 0.4) is 0 Å². The molecular weight excluding hydrogens is 272 g/mol. The number of amides is 2. The maximum atomic E-state index is 12.1. The molecule has 7 heteroatoms. The minimum atomic E-state index is -0.948. The SMILES string of the molecule is CC(C)CN1C(=O)CCC12CN([C@H](C(N)=O)[C@@H](C)O)C2=N. The molecule has 118 valence electrons. The van der Waals surface area contributed by atoms with E-state index in [1.54, 1.807) is 4.90 Å². The molecule has 0 aromatic heterocycles. The molecule has 2 heterocycles. The van der Waals surface area contributed by atoms with Crippen LogP contribution < -0.4 is 5.73 Å². The Morgan fingerprint density at radius 3 is 2.52 bits per heavy atom. The van der Waals surface area contributed by atoms with Crippen LogP contribution in [-0.4, -0.2) is 63.3 Å². The van der Waals surface area contributed by atoms with Gasteiger partial charge in [-0.1, -0.05) is 13.8 Å². The number of primary amides is 1. The zero-order valence-corrected chi connectivity index (χ0v) is 12.8. The van der Waals surface area contributed by atoms with Crippen molar-refractivity contribution in [2.45, 2.75) is 51.3 Å². The van der Waals surface area contributed by atoms with E-state index in [4.69, 9.17) is 11.1 Å². The van der Waals surface area contributed by atoms with Gasteiger partial charge in [-0.15, -0.1) is 0 Å². The van der Waals surface area contributed by atoms with Crippen LogP contribution in [0.5, 0.6) is 0 Å². The van der Waals surface area contributed by atoms with Gasteiger partial charge in [0.25, 0.3) is 0 Å². The first-order valence-corrected chi connectivity index (χ1v) is 7.34. The Morgan fingerprint density at radius 1 is 1.48 bits per heavy atom. The Balaban J connectivity index is 2.19. The van der Waals surface area contributed by atoms with E-state index in [9.17, 15) is 14.7 Å². The van der Waals surface area contributed by atoms with Crippen molar-refractivity contribution in [3.63, 3.8) is 0 Å². The summed E-state index contributed by atoms with van der Waals surface area (Å²) in [6.45, 7) is 6.54. The average molecular weight is 296 g/mol. The first-order chi connectivity index (χ1) is 9.70. The quantitative estimate of drug-likeness (QED) is 0.637. The second-order valence-electron chi connectivity index (χ2n) is 6.49. The van der Waals surface area contributed by atoms with Gasteiger partial charge < -0.3 is 20.6 Å². The van der Waals surface area contributed by atoms with E-state index in [0.717, 1.165) is 0 Å². The van der Waals surface area contributed by atoms with Crippen molar-refractivity contribution in [3.8, 4) is 0 Å². The highest BCUT2D eigenvalue weighted by Crippen LogP contribution is 2.41. The normalized spacial score (nSPS) is 28.2. The number of amidine groups is 1. The van der Waals surface area contributed by atoms with E-state index in [1.807, 2.05) is 13.8 Å². The predicted octanol–water partition coefficient (Wildman–Crippen LogP) is -0.469. The third kappa shape index (κ3) is 2.39. The van der Waals surface area contributed by atoms with Crippen LogP contribution in [0, 0.1) is 11.3 Å². The monoisotopic (exact) mass is 296 g/mol. The van der Waals surface area contributed by atoms with Crippen molar-refractivity contribution >= 4 is 17.6 Å². The van der Waals surface area contributed by atoms with Gasteiger partial charge in [0, 0.05) is 13.0 Å². The molecule has 2 rings (SSSR count). The number of carbonyl (C=O) groups is 2. The van der Waals surface area contributed by atoms with Gasteiger partial charge in [-0.2, -0.15) is 0 Å². The highest BCUT2D eigenvalue weighted by atomic mass is 16.3. The number of rotatable bonds is 5. The lowest BCUT2D eigenvalue weighted by Gasteiger charge is -2.56. The number of hydrogen-bond donors (Lipinski definition) is 3. The van der Waals surface area contributed by atoms with Gasteiger partial charge >= 0.3 is 0 Å². The first kappa shape index (κ1) is 15.8. The molecular formula is C14H24N4O3. The third-order valence-electron chi connectivity index (χ3n) is 4.36.